The summed E-state index contributed by atoms with van der Waals surface area (Å²) in [5, 5.41) is 2.88. The molecule has 1 aromatic rings. The highest BCUT2D eigenvalue weighted by atomic mass is 19.1. The van der Waals surface area contributed by atoms with E-state index in [1.807, 2.05) is 13.8 Å². The molecule has 0 radical (unpaired) electrons. The molecule has 0 aromatic heterocycles. The number of para-hydroxylation sites is 1. The Bertz CT molecular complexity index is 478. The minimum absolute atomic E-state index is 0.0729. The van der Waals surface area contributed by atoms with Crippen molar-refractivity contribution in [3.63, 3.8) is 0 Å². The molecular formula is C13H17FN2O2. The number of halogens is 1. The third-order valence-corrected chi connectivity index (χ3v) is 3.58. The van der Waals surface area contributed by atoms with Gasteiger partial charge in [-0.25, -0.2) is 4.39 Å². The maximum absolute atomic E-state index is 13.3. The van der Waals surface area contributed by atoms with Crippen LogP contribution in [0.15, 0.2) is 18.2 Å². The molecular weight excluding hydrogens is 235 g/mol. The molecule has 18 heavy (non-hydrogen) atoms. The molecule has 4 nitrogen and oxygen atoms in total. The highest BCUT2D eigenvalue weighted by molar-refractivity contribution is 5.99. The summed E-state index contributed by atoms with van der Waals surface area (Å²) in [6.45, 7) is 4.43. The first-order valence-corrected chi connectivity index (χ1v) is 5.92. The smallest absolute Gasteiger partial charge is 0.253 e. The summed E-state index contributed by atoms with van der Waals surface area (Å²) in [4.78, 5) is 12.1. The summed E-state index contributed by atoms with van der Waals surface area (Å²) in [5.74, 6) is -0.949. The summed E-state index contributed by atoms with van der Waals surface area (Å²) in [6.07, 6.45) is 0.658. The van der Waals surface area contributed by atoms with Crippen molar-refractivity contribution in [2.24, 2.45) is 0 Å². The fourth-order valence-corrected chi connectivity index (χ4v) is 2.06. The number of amides is 1. The first-order valence-electron chi connectivity index (χ1n) is 5.92. The van der Waals surface area contributed by atoms with Crippen LogP contribution in [0.3, 0.4) is 0 Å². The fourth-order valence-electron chi connectivity index (χ4n) is 2.06. The highest BCUT2D eigenvalue weighted by Crippen LogP contribution is 2.26. The Labute approximate surface area is 105 Å². The summed E-state index contributed by atoms with van der Waals surface area (Å²) in [5.41, 5.74) is 5.18. The van der Waals surface area contributed by atoms with Crippen LogP contribution in [0.2, 0.25) is 0 Å². The zero-order valence-corrected chi connectivity index (χ0v) is 10.5. The highest BCUT2D eigenvalue weighted by Gasteiger charge is 2.38. The van der Waals surface area contributed by atoms with Gasteiger partial charge in [0.25, 0.3) is 5.91 Å². The number of hydrogen-bond acceptors (Lipinski definition) is 3. The minimum Gasteiger partial charge on any atom is -0.396 e. The number of rotatable bonds is 2. The van der Waals surface area contributed by atoms with Gasteiger partial charge in [-0.15, -0.1) is 0 Å². The second-order valence-corrected chi connectivity index (χ2v) is 4.84. The van der Waals surface area contributed by atoms with Crippen LogP contribution in [0.5, 0.6) is 0 Å². The van der Waals surface area contributed by atoms with E-state index in [-0.39, 0.29) is 23.3 Å². The number of anilines is 1. The van der Waals surface area contributed by atoms with Gasteiger partial charge in [0, 0.05) is 6.61 Å². The molecule has 1 aliphatic rings. The molecule has 1 aromatic carbocycles. The predicted octanol–water partition coefficient (Wildman–Crippen LogP) is 1.71. The quantitative estimate of drug-likeness (QED) is 0.787. The monoisotopic (exact) mass is 252 g/mol. The number of ether oxygens (including phenoxy) is 1. The van der Waals surface area contributed by atoms with E-state index >= 15 is 0 Å². The Morgan fingerprint density at radius 2 is 2.33 bits per heavy atom. The van der Waals surface area contributed by atoms with E-state index < -0.39 is 11.4 Å². The normalized spacial score (nSPS) is 27.2. The van der Waals surface area contributed by atoms with Gasteiger partial charge in [0.05, 0.1) is 22.9 Å². The van der Waals surface area contributed by atoms with Gasteiger partial charge in [0.2, 0.25) is 0 Å². The Morgan fingerprint density at radius 3 is 2.94 bits per heavy atom. The topological polar surface area (TPSA) is 64.3 Å². The lowest BCUT2D eigenvalue weighted by Crippen LogP contribution is -2.50. The van der Waals surface area contributed by atoms with E-state index in [1.165, 1.54) is 18.2 Å². The van der Waals surface area contributed by atoms with E-state index in [2.05, 4.69) is 5.32 Å². The van der Waals surface area contributed by atoms with Gasteiger partial charge in [-0.3, -0.25) is 4.79 Å². The first-order chi connectivity index (χ1) is 8.44. The van der Waals surface area contributed by atoms with Crippen molar-refractivity contribution in [2.45, 2.75) is 31.9 Å². The third-order valence-electron chi connectivity index (χ3n) is 3.58. The molecule has 1 amide bonds. The van der Waals surface area contributed by atoms with Gasteiger partial charge >= 0.3 is 0 Å². The van der Waals surface area contributed by atoms with Gasteiger partial charge in [-0.1, -0.05) is 6.07 Å². The second-order valence-electron chi connectivity index (χ2n) is 4.84. The lowest BCUT2D eigenvalue weighted by Gasteiger charge is -2.29. The number of nitrogens with one attached hydrogen (secondary N) is 1. The van der Waals surface area contributed by atoms with E-state index in [0.717, 1.165) is 6.42 Å². The van der Waals surface area contributed by atoms with Crippen LogP contribution < -0.4 is 11.1 Å². The zero-order chi connectivity index (χ0) is 13.3. The first kappa shape index (κ1) is 12.8. The Balaban J connectivity index is 2.20. The van der Waals surface area contributed by atoms with Crippen LogP contribution in [0.25, 0.3) is 0 Å². The van der Waals surface area contributed by atoms with Gasteiger partial charge < -0.3 is 15.8 Å². The largest absolute Gasteiger partial charge is 0.396 e. The third kappa shape index (κ3) is 2.18. The van der Waals surface area contributed by atoms with Crippen molar-refractivity contribution < 1.29 is 13.9 Å². The molecule has 2 unspecified atom stereocenters. The summed E-state index contributed by atoms with van der Waals surface area (Å²) in [6, 6.07) is 4.21. The average molecular weight is 252 g/mol. The maximum Gasteiger partial charge on any atom is 0.253 e. The number of hydrogen-bond donors (Lipinski definition) is 2. The fraction of sp³-hybridized carbons (Fsp3) is 0.462. The van der Waals surface area contributed by atoms with Crippen LogP contribution in [0, 0.1) is 5.82 Å². The van der Waals surface area contributed by atoms with Crippen molar-refractivity contribution in [2.75, 3.05) is 12.3 Å². The van der Waals surface area contributed by atoms with E-state index in [1.54, 1.807) is 0 Å². The van der Waals surface area contributed by atoms with Crippen LogP contribution in [0.4, 0.5) is 10.1 Å². The van der Waals surface area contributed by atoms with Gasteiger partial charge in [0.15, 0.2) is 0 Å². The van der Waals surface area contributed by atoms with Crippen LogP contribution in [-0.2, 0) is 4.74 Å². The van der Waals surface area contributed by atoms with Crippen LogP contribution in [0.1, 0.15) is 30.6 Å². The van der Waals surface area contributed by atoms with Crippen molar-refractivity contribution in [3.8, 4) is 0 Å². The number of benzene rings is 1. The maximum atomic E-state index is 13.3. The molecule has 1 fully saturated rings. The zero-order valence-electron chi connectivity index (χ0n) is 10.5. The standard InChI is InChI=1S/C13H17FN2O2/c1-8-13(2,6-7-18-8)16-12(17)9-4-3-5-10(14)11(9)15/h3-5,8H,6-7,15H2,1-2H3,(H,16,17). The van der Waals surface area contributed by atoms with Gasteiger partial charge in [-0.05, 0) is 32.4 Å². The van der Waals surface area contributed by atoms with Crippen molar-refractivity contribution >= 4 is 11.6 Å². The molecule has 2 rings (SSSR count). The van der Waals surface area contributed by atoms with Crippen molar-refractivity contribution in [1.82, 2.24) is 5.32 Å². The lowest BCUT2D eigenvalue weighted by molar-refractivity contribution is 0.0728. The number of carbonyl (C=O) groups excluding carboxylic acids is 1. The van der Waals surface area contributed by atoms with Gasteiger partial charge in [0.1, 0.15) is 5.82 Å². The lowest BCUT2D eigenvalue weighted by atomic mass is 9.94. The molecule has 1 heterocycles. The molecule has 5 heteroatoms. The Morgan fingerprint density at radius 1 is 1.61 bits per heavy atom. The Kier molecular flexibility index (Phi) is 3.26. The number of nitrogens with two attached hydrogens (primary N) is 1. The SMILES string of the molecule is CC1OCCC1(C)NC(=O)c1cccc(F)c1N. The summed E-state index contributed by atoms with van der Waals surface area (Å²) >= 11 is 0. The van der Waals surface area contributed by atoms with Crippen molar-refractivity contribution in [3.05, 3.63) is 29.6 Å². The predicted molar refractivity (Wildman–Crippen MR) is 66.7 cm³/mol. The van der Waals surface area contributed by atoms with Gasteiger partial charge in [-0.2, -0.15) is 0 Å². The van der Waals surface area contributed by atoms with E-state index in [4.69, 9.17) is 10.5 Å². The second kappa shape index (κ2) is 4.57. The number of nitrogen functional groups attached to an aromatic ring is 1. The molecule has 1 saturated heterocycles. The summed E-state index contributed by atoms with van der Waals surface area (Å²) in [7, 11) is 0. The van der Waals surface area contributed by atoms with Crippen molar-refractivity contribution in [1.29, 1.82) is 0 Å². The molecule has 1 aliphatic heterocycles. The Hall–Kier alpha value is -1.62. The van der Waals surface area contributed by atoms with E-state index in [0.29, 0.717) is 6.61 Å². The molecule has 0 saturated carbocycles. The average Bonchev–Trinajstić information content (AvgIpc) is 2.62. The molecule has 2 atom stereocenters. The number of carbonyl (C=O) groups is 1. The minimum atomic E-state index is -0.580. The molecule has 0 bridgehead atoms. The van der Waals surface area contributed by atoms with Crippen LogP contribution >= 0.6 is 0 Å². The molecule has 0 aliphatic carbocycles. The summed E-state index contributed by atoms with van der Waals surface area (Å²) < 4.78 is 18.7. The molecule has 0 spiro atoms. The van der Waals surface area contributed by atoms with Crippen LogP contribution in [-0.4, -0.2) is 24.2 Å². The molecule has 3 N–H and O–H groups in total. The molecule has 98 valence electrons. The van der Waals surface area contributed by atoms with E-state index in [9.17, 15) is 9.18 Å².